The fourth-order valence-electron chi connectivity index (χ4n) is 4.35. The summed E-state index contributed by atoms with van der Waals surface area (Å²) >= 11 is 18.1. The van der Waals surface area contributed by atoms with Gasteiger partial charge in [-0.3, -0.25) is 19.8 Å². The molecular formula is C31H18Cl2N4O3S. The number of carbonyl (C=O) groups excluding carboxylic acids is 2. The van der Waals surface area contributed by atoms with Crippen LogP contribution in [0.5, 0.6) is 11.5 Å². The van der Waals surface area contributed by atoms with E-state index < -0.39 is 11.8 Å². The molecule has 1 N–H and O–H groups in total. The number of anilines is 1. The van der Waals surface area contributed by atoms with Crippen molar-refractivity contribution in [2.24, 2.45) is 0 Å². The lowest BCUT2D eigenvalue weighted by molar-refractivity contribution is -0.122. The Balaban J connectivity index is 1.37. The number of rotatable bonds is 5. The van der Waals surface area contributed by atoms with E-state index >= 15 is 0 Å². The van der Waals surface area contributed by atoms with Crippen LogP contribution in [-0.4, -0.2) is 26.9 Å². The van der Waals surface area contributed by atoms with Gasteiger partial charge >= 0.3 is 0 Å². The van der Waals surface area contributed by atoms with Gasteiger partial charge in [-0.1, -0.05) is 59.6 Å². The Morgan fingerprint density at radius 3 is 2.29 bits per heavy atom. The van der Waals surface area contributed by atoms with Crippen molar-refractivity contribution in [2.75, 3.05) is 4.90 Å². The molecule has 2 heterocycles. The molecule has 1 aliphatic rings. The summed E-state index contributed by atoms with van der Waals surface area (Å²) < 4.78 is 5.84. The predicted molar refractivity (Wildman–Crippen MR) is 164 cm³/mol. The van der Waals surface area contributed by atoms with Gasteiger partial charge in [0, 0.05) is 27.1 Å². The second-order valence-corrected chi connectivity index (χ2v) is 10.2. The number of fused-ring (bicyclic) bond motifs is 1. The van der Waals surface area contributed by atoms with Crippen LogP contribution in [0.3, 0.4) is 0 Å². The third-order valence-electron chi connectivity index (χ3n) is 6.25. The average molecular weight is 597 g/mol. The summed E-state index contributed by atoms with van der Waals surface area (Å²) in [4.78, 5) is 37.1. The standard InChI is InChI=1S/C31H18Cl2N4O3S/c32-18-10-15-26-23(16-18)28(22-8-4-5-9-25(22)33)35-27(34-26)17-24-29(38)36-31(41)37(30(24)39)19-11-13-21(14-12-19)40-20-6-2-1-3-7-20/h1-17H,(H,36,38,41)/b24-17+. The van der Waals surface area contributed by atoms with Gasteiger partial charge < -0.3 is 4.74 Å². The zero-order valence-corrected chi connectivity index (χ0v) is 23.4. The molecule has 0 spiro atoms. The molecule has 1 fully saturated rings. The first-order valence-electron chi connectivity index (χ1n) is 12.3. The van der Waals surface area contributed by atoms with Gasteiger partial charge in [0.1, 0.15) is 17.1 Å². The molecule has 0 atom stereocenters. The summed E-state index contributed by atoms with van der Waals surface area (Å²) in [6, 6.07) is 28.5. The number of halogens is 2. The van der Waals surface area contributed by atoms with Crippen LogP contribution in [-0.2, 0) is 9.59 Å². The lowest BCUT2D eigenvalue weighted by Gasteiger charge is -2.28. The van der Waals surface area contributed by atoms with Crippen LogP contribution < -0.4 is 15.0 Å². The van der Waals surface area contributed by atoms with E-state index in [4.69, 9.17) is 40.2 Å². The van der Waals surface area contributed by atoms with E-state index in [1.807, 2.05) is 48.5 Å². The van der Waals surface area contributed by atoms with Crippen molar-refractivity contribution in [3.8, 4) is 22.8 Å². The molecule has 0 aliphatic carbocycles. The second-order valence-electron chi connectivity index (χ2n) is 8.94. The van der Waals surface area contributed by atoms with Crippen molar-refractivity contribution < 1.29 is 14.3 Å². The summed E-state index contributed by atoms with van der Waals surface area (Å²) in [6.45, 7) is 0. The maximum absolute atomic E-state index is 13.6. The zero-order valence-electron chi connectivity index (χ0n) is 21.0. The minimum Gasteiger partial charge on any atom is -0.457 e. The molecule has 5 aromatic rings. The first-order valence-corrected chi connectivity index (χ1v) is 13.5. The number of hydrogen-bond donors (Lipinski definition) is 1. The number of carbonyl (C=O) groups is 2. The van der Waals surface area contributed by atoms with Crippen molar-refractivity contribution in [1.29, 1.82) is 0 Å². The van der Waals surface area contributed by atoms with Gasteiger partial charge in [-0.05, 0) is 72.9 Å². The molecule has 0 unspecified atom stereocenters. The summed E-state index contributed by atoms with van der Waals surface area (Å²) in [5.41, 5.74) is 2.01. The average Bonchev–Trinajstić information content (AvgIpc) is 2.97. The highest BCUT2D eigenvalue weighted by Crippen LogP contribution is 2.33. The molecule has 10 heteroatoms. The molecule has 1 saturated heterocycles. The predicted octanol–water partition coefficient (Wildman–Crippen LogP) is 7.23. The highest BCUT2D eigenvalue weighted by molar-refractivity contribution is 7.80. The molecule has 200 valence electrons. The van der Waals surface area contributed by atoms with Crippen LogP contribution in [0.2, 0.25) is 10.0 Å². The number of thiocarbonyl (C=S) groups is 1. The number of amides is 2. The van der Waals surface area contributed by atoms with Crippen LogP contribution in [0, 0.1) is 0 Å². The summed E-state index contributed by atoms with van der Waals surface area (Å²) in [6.07, 6.45) is 1.34. The topological polar surface area (TPSA) is 84.4 Å². The van der Waals surface area contributed by atoms with E-state index in [1.165, 1.54) is 11.0 Å². The normalized spacial score (nSPS) is 14.4. The van der Waals surface area contributed by atoms with Gasteiger partial charge in [0.15, 0.2) is 10.9 Å². The van der Waals surface area contributed by atoms with E-state index in [2.05, 4.69) is 15.3 Å². The van der Waals surface area contributed by atoms with E-state index in [1.54, 1.807) is 48.5 Å². The highest BCUT2D eigenvalue weighted by Gasteiger charge is 2.35. The van der Waals surface area contributed by atoms with Crippen LogP contribution in [0.25, 0.3) is 28.2 Å². The van der Waals surface area contributed by atoms with Gasteiger partial charge in [-0.2, -0.15) is 0 Å². The van der Waals surface area contributed by atoms with Crippen LogP contribution in [0.4, 0.5) is 5.69 Å². The van der Waals surface area contributed by atoms with Gasteiger partial charge in [0.2, 0.25) is 0 Å². The van der Waals surface area contributed by atoms with Gasteiger partial charge in [0.25, 0.3) is 11.8 Å². The van der Waals surface area contributed by atoms with Gasteiger partial charge in [-0.15, -0.1) is 0 Å². The van der Waals surface area contributed by atoms with Gasteiger partial charge in [0.05, 0.1) is 16.9 Å². The number of para-hydroxylation sites is 1. The fourth-order valence-corrected chi connectivity index (χ4v) is 5.03. The minimum absolute atomic E-state index is 0.0419. The lowest BCUT2D eigenvalue weighted by atomic mass is 10.1. The Hall–Kier alpha value is -4.63. The number of aromatic nitrogens is 2. The third kappa shape index (κ3) is 5.40. The molecule has 1 aromatic heterocycles. The number of nitrogens with one attached hydrogen (secondary N) is 1. The van der Waals surface area contributed by atoms with Crippen molar-refractivity contribution >= 4 is 75.0 Å². The van der Waals surface area contributed by atoms with Crippen molar-refractivity contribution in [3.63, 3.8) is 0 Å². The Labute approximate surface area is 250 Å². The molecule has 2 amide bonds. The SMILES string of the molecule is O=C1NC(=S)N(c2ccc(Oc3ccccc3)cc2)C(=O)/C1=C/c1nc(-c2ccccc2Cl)c2cc(Cl)ccc2n1. The van der Waals surface area contributed by atoms with E-state index in [9.17, 15) is 9.59 Å². The Bertz CT molecular complexity index is 1880. The highest BCUT2D eigenvalue weighted by atomic mass is 35.5. The van der Waals surface area contributed by atoms with Crippen molar-refractivity contribution in [2.45, 2.75) is 0 Å². The molecule has 0 saturated carbocycles. The molecule has 0 bridgehead atoms. The molecule has 4 aromatic carbocycles. The molecule has 41 heavy (non-hydrogen) atoms. The number of hydrogen-bond acceptors (Lipinski definition) is 6. The molecular weight excluding hydrogens is 579 g/mol. The number of benzene rings is 4. The number of nitrogens with zero attached hydrogens (tertiary/aromatic N) is 3. The number of ether oxygens (including phenoxy) is 1. The third-order valence-corrected chi connectivity index (χ3v) is 7.10. The summed E-state index contributed by atoms with van der Waals surface area (Å²) in [7, 11) is 0. The maximum atomic E-state index is 13.6. The largest absolute Gasteiger partial charge is 0.457 e. The van der Waals surface area contributed by atoms with Crippen LogP contribution in [0.1, 0.15) is 5.82 Å². The summed E-state index contributed by atoms with van der Waals surface area (Å²) in [5, 5.41) is 4.21. The minimum atomic E-state index is -0.653. The quantitative estimate of drug-likeness (QED) is 0.131. The molecule has 0 radical (unpaired) electrons. The molecule has 7 nitrogen and oxygen atoms in total. The fraction of sp³-hybridized carbons (Fsp3) is 0. The van der Waals surface area contributed by atoms with Crippen LogP contribution in [0.15, 0.2) is 103 Å². The smallest absolute Gasteiger partial charge is 0.270 e. The first kappa shape index (κ1) is 26.6. The van der Waals surface area contributed by atoms with Crippen molar-refractivity contribution in [3.05, 3.63) is 119 Å². The van der Waals surface area contributed by atoms with Crippen LogP contribution >= 0.6 is 35.4 Å². The van der Waals surface area contributed by atoms with E-state index in [-0.39, 0.29) is 16.5 Å². The molecule has 1 aliphatic heterocycles. The maximum Gasteiger partial charge on any atom is 0.270 e. The first-order chi connectivity index (χ1) is 19.9. The Morgan fingerprint density at radius 1 is 0.829 bits per heavy atom. The van der Waals surface area contributed by atoms with Crippen molar-refractivity contribution in [1.82, 2.24) is 15.3 Å². The monoisotopic (exact) mass is 596 g/mol. The second kappa shape index (κ2) is 11.1. The van der Waals surface area contributed by atoms with Gasteiger partial charge in [-0.25, -0.2) is 9.97 Å². The van der Waals surface area contributed by atoms with E-state index in [0.717, 1.165) is 0 Å². The van der Waals surface area contributed by atoms with E-state index in [0.29, 0.717) is 49.4 Å². The Morgan fingerprint density at radius 2 is 1.54 bits per heavy atom. The lowest BCUT2D eigenvalue weighted by Crippen LogP contribution is -2.54. The summed E-state index contributed by atoms with van der Waals surface area (Å²) in [5.74, 6) is 0.129. The Kier molecular flexibility index (Phi) is 7.19. The zero-order chi connectivity index (χ0) is 28.5. The molecule has 6 rings (SSSR count).